The molecule has 1 aromatic carbocycles. The van der Waals surface area contributed by atoms with Gasteiger partial charge in [0.25, 0.3) is 5.91 Å². The Bertz CT molecular complexity index is 1390. The molecule has 0 spiro atoms. The first-order valence-electron chi connectivity index (χ1n) is 9.71. The third-order valence-electron chi connectivity index (χ3n) is 5.04. The number of aromatic nitrogens is 5. The van der Waals surface area contributed by atoms with Crippen LogP contribution in [0, 0.1) is 0 Å². The second-order valence-corrected chi connectivity index (χ2v) is 8.05. The largest absolute Gasteiger partial charge is 0.371 e. The Balaban J connectivity index is 1.40. The summed E-state index contributed by atoms with van der Waals surface area (Å²) in [4.78, 5) is 30.0. The van der Waals surface area contributed by atoms with Gasteiger partial charge in [-0.15, -0.1) is 11.3 Å². The monoisotopic (exact) mass is 429 g/mol. The van der Waals surface area contributed by atoms with Crippen molar-refractivity contribution in [1.82, 2.24) is 29.8 Å². The Labute approximate surface area is 182 Å². The van der Waals surface area contributed by atoms with Gasteiger partial charge in [0.2, 0.25) is 0 Å². The molecule has 0 bridgehead atoms. The van der Waals surface area contributed by atoms with Gasteiger partial charge < -0.3 is 15.2 Å². The number of nitrogens with one attached hydrogen (secondary N) is 2. The molecule has 31 heavy (non-hydrogen) atoms. The van der Waals surface area contributed by atoms with Crippen molar-refractivity contribution in [1.29, 1.82) is 0 Å². The van der Waals surface area contributed by atoms with Gasteiger partial charge in [-0.1, -0.05) is 24.3 Å². The molecule has 0 fully saturated rings. The number of thiazole rings is 1. The number of rotatable bonds is 5. The Hall–Kier alpha value is -3.85. The molecule has 2 N–H and O–H groups in total. The summed E-state index contributed by atoms with van der Waals surface area (Å²) >= 11 is 1.60. The topological polar surface area (TPSA) is 97.6 Å². The fourth-order valence-electron chi connectivity index (χ4n) is 3.42. The number of carbonyl (C=O) groups is 1. The number of imidazole rings is 1. The number of benzene rings is 1. The Morgan fingerprint density at radius 3 is 2.61 bits per heavy atom. The lowest BCUT2D eigenvalue weighted by molar-refractivity contribution is 0.0951. The molecular formula is C22H19N7OS. The van der Waals surface area contributed by atoms with Crippen LogP contribution in [-0.2, 0) is 13.6 Å². The van der Waals surface area contributed by atoms with Gasteiger partial charge in [0.1, 0.15) is 15.2 Å². The van der Waals surface area contributed by atoms with Gasteiger partial charge in [0.15, 0.2) is 11.5 Å². The van der Waals surface area contributed by atoms with E-state index in [1.54, 1.807) is 42.2 Å². The van der Waals surface area contributed by atoms with Crippen molar-refractivity contribution in [2.75, 3.05) is 12.4 Å². The highest BCUT2D eigenvalue weighted by Gasteiger charge is 2.17. The fourth-order valence-corrected chi connectivity index (χ4v) is 4.52. The van der Waals surface area contributed by atoms with Crippen molar-refractivity contribution in [3.63, 3.8) is 0 Å². The second-order valence-electron chi connectivity index (χ2n) is 7.05. The summed E-state index contributed by atoms with van der Waals surface area (Å²) in [5.74, 6) is 0.601. The minimum absolute atomic E-state index is 0.121. The van der Waals surface area contributed by atoms with Crippen LogP contribution < -0.4 is 10.6 Å². The zero-order valence-electron chi connectivity index (χ0n) is 17.0. The van der Waals surface area contributed by atoms with Crippen LogP contribution in [0.5, 0.6) is 0 Å². The molecule has 5 aromatic rings. The van der Waals surface area contributed by atoms with Gasteiger partial charge in [-0.05, 0) is 17.7 Å². The van der Waals surface area contributed by atoms with Crippen LogP contribution in [0.4, 0.5) is 5.82 Å². The maximum absolute atomic E-state index is 12.2. The zero-order chi connectivity index (χ0) is 21.4. The highest BCUT2D eigenvalue weighted by Crippen LogP contribution is 2.35. The summed E-state index contributed by atoms with van der Waals surface area (Å²) in [7, 11) is 3.81. The van der Waals surface area contributed by atoms with Crippen molar-refractivity contribution in [2.24, 2.45) is 7.05 Å². The van der Waals surface area contributed by atoms with Crippen LogP contribution in [0.1, 0.15) is 15.9 Å². The predicted molar refractivity (Wildman–Crippen MR) is 122 cm³/mol. The van der Waals surface area contributed by atoms with E-state index in [1.807, 2.05) is 42.9 Å². The Morgan fingerprint density at radius 1 is 1.10 bits per heavy atom. The highest BCUT2D eigenvalue weighted by atomic mass is 32.1. The third-order valence-corrected chi connectivity index (χ3v) is 6.14. The molecule has 0 aliphatic heterocycles. The molecule has 4 heterocycles. The lowest BCUT2D eigenvalue weighted by atomic mass is 10.1. The molecule has 8 nitrogen and oxygen atoms in total. The molecule has 1 amide bonds. The van der Waals surface area contributed by atoms with Crippen molar-refractivity contribution < 1.29 is 4.79 Å². The van der Waals surface area contributed by atoms with Gasteiger partial charge in [-0.2, -0.15) is 0 Å². The fraction of sp³-hybridized carbons (Fsp3) is 0.136. The van der Waals surface area contributed by atoms with Gasteiger partial charge in [-0.25, -0.2) is 15.0 Å². The average Bonchev–Trinajstić information content (AvgIpc) is 3.41. The van der Waals surface area contributed by atoms with Gasteiger partial charge in [0, 0.05) is 44.2 Å². The summed E-state index contributed by atoms with van der Waals surface area (Å²) in [6.45, 7) is 0.448. The molecule has 0 atom stereocenters. The number of fused-ring (bicyclic) bond motifs is 3. The molecule has 154 valence electrons. The van der Waals surface area contributed by atoms with Crippen molar-refractivity contribution in [3.8, 4) is 10.6 Å². The molecule has 0 radical (unpaired) electrons. The van der Waals surface area contributed by atoms with Gasteiger partial charge >= 0.3 is 0 Å². The lowest BCUT2D eigenvalue weighted by Crippen LogP contribution is -2.22. The van der Waals surface area contributed by atoms with E-state index in [0.717, 1.165) is 37.7 Å². The van der Waals surface area contributed by atoms with Crippen LogP contribution in [0.25, 0.3) is 32.0 Å². The number of anilines is 1. The van der Waals surface area contributed by atoms with E-state index in [-0.39, 0.29) is 5.91 Å². The lowest BCUT2D eigenvalue weighted by Gasteiger charge is -2.06. The van der Waals surface area contributed by atoms with E-state index in [1.165, 1.54) is 0 Å². The number of carbonyl (C=O) groups excluding carboxylic acids is 1. The Kier molecular flexibility index (Phi) is 4.79. The normalized spacial score (nSPS) is 11.2. The molecule has 0 unspecified atom stereocenters. The number of hydrogen-bond acceptors (Lipinski definition) is 7. The number of pyridine rings is 2. The number of nitrogens with zero attached hydrogens (tertiary/aromatic N) is 5. The summed E-state index contributed by atoms with van der Waals surface area (Å²) in [5.41, 5.74) is 5.18. The van der Waals surface area contributed by atoms with Crippen LogP contribution in [0.15, 0.2) is 55.1 Å². The molecule has 4 aromatic heterocycles. The van der Waals surface area contributed by atoms with Crippen molar-refractivity contribution >= 4 is 44.4 Å². The zero-order valence-corrected chi connectivity index (χ0v) is 17.8. The van der Waals surface area contributed by atoms with E-state index in [4.69, 9.17) is 4.98 Å². The molecule has 0 aliphatic carbocycles. The van der Waals surface area contributed by atoms with Crippen LogP contribution in [-0.4, -0.2) is 37.5 Å². The molecule has 9 heteroatoms. The van der Waals surface area contributed by atoms with Gasteiger partial charge in [0.05, 0.1) is 11.8 Å². The summed E-state index contributed by atoms with van der Waals surface area (Å²) in [6.07, 6.45) is 5.01. The van der Waals surface area contributed by atoms with Crippen molar-refractivity contribution in [2.45, 2.75) is 6.54 Å². The van der Waals surface area contributed by atoms with Crippen molar-refractivity contribution in [3.05, 3.63) is 66.2 Å². The standard InChI is InChI=1S/C22H19N7OS/c1-23-19-16-17(29(2)12-26-16)18-20(27-19)28-22(31-18)15-5-3-13(4-6-15)11-25-21(30)14-7-9-24-10-8-14/h3-10,12H,11H2,1-2H3,(H,23,27)(H,25,30). The third kappa shape index (κ3) is 3.49. The molecule has 0 saturated carbocycles. The van der Waals surface area contributed by atoms with E-state index < -0.39 is 0 Å². The summed E-state index contributed by atoms with van der Waals surface area (Å²) in [5, 5.41) is 6.93. The van der Waals surface area contributed by atoms with E-state index in [0.29, 0.717) is 17.8 Å². The molecule has 5 rings (SSSR count). The number of amides is 1. The summed E-state index contributed by atoms with van der Waals surface area (Å²) in [6, 6.07) is 11.4. The SMILES string of the molecule is CNc1nc2nc(-c3ccc(CNC(=O)c4ccncc4)cc3)sc2c2c1ncn2C. The van der Waals surface area contributed by atoms with Crippen LogP contribution >= 0.6 is 11.3 Å². The number of aryl methyl sites for hydroxylation is 1. The van der Waals surface area contributed by atoms with E-state index in [2.05, 4.69) is 25.6 Å². The van der Waals surface area contributed by atoms with Crippen LogP contribution in [0.2, 0.25) is 0 Å². The Morgan fingerprint density at radius 2 is 1.87 bits per heavy atom. The molecule has 0 aliphatic rings. The van der Waals surface area contributed by atoms with E-state index >= 15 is 0 Å². The minimum Gasteiger partial charge on any atom is -0.371 e. The maximum atomic E-state index is 12.2. The average molecular weight is 430 g/mol. The quantitative estimate of drug-likeness (QED) is 0.443. The smallest absolute Gasteiger partial charge is 0.251 e. The van der Waals surface area contributed by atoms with E-state index in [9.17, 15) is 4.79 Å². The molecular weight excluding hydrogens is 410 g/mol. The first kappa shape index (κ1) is 19.1. The van der Waals surface area contributed by atoms with Crippen LogP contribution in [0.3, 0.4) is 0 Å². The minimum atomic E-state index is -0.121. The number of hydrogen-bond donors (Lipinski definition) is 2. The maximum Gasteiger partial charge on any atom is 0.251 e. The van der Waals surface area contributed by atoms with Gasteiger partial charge in [-0.3, -0.25) is 9.78 Å². The highest BCUT2D eigenvalue weighted by molar-refractivity contribution is 7.22. The summed E-state index contributed by atoms with van der Waals surface area (Å²) < 4.78 is 3.01. The molecule has 0 saturated heterocycles. The predicted octanol–water partition coefficient (Wildman–Crippen LogP) is 3.61. The first-order valence-corrected chi connectivity index (χ1v) is 10.5. The first-order chi connectivity index (χ1) is 15.1. The second kappa shape index (κ2) is 7.77.